The summed E-state index contributed by atoms with van der Waals surface area (Å²) in [6.45, 7) is 1.74. The third kappa shape index (κ3) is 3.45. The molecule has 114 valence electrons. The SMILES string of the molecule is COc1cccc(C(C)NS(=O)(=O)c2ccccc2C#N)c1. The molecule has 1 unspecified atom stereocenters. The van der Waals surface area contributed by atoms with E-state index in [0.29, 0.717) is 5.75 Å². The largest absolute Gasteiger partial charge is 0.497 e. The molecule has 6 heteroatoms. The summed E-state index contributed by atoms with van der Waals surface area (Å²) in [7, 11) is -2.23. The minimum atomic E-state index is -3.78. The number of sulfonamides is 1. The normalized spacial score (nSPS) is 12.4. The number of rotatable bonds is 5. The maximum atomic E-state index is 12.5. The van der Waals surface area contributed by atoms with E-state index in [-0.39, 0.29) is 10.5 Å². The van der Waals surface area contributed by atoms with E-state index >= 15 is 0 Å². The van der Waals surface area contributed by atoms with E-state index in [1.807, 2.05) is 12.1 Å². The van der Waals surface area contributed by atoms with Crippen LogP contribution < -0.4 is 9.46 Å². The molecule has 0 aliphatic rings. The summed E-state index contributed by atoms with van der Waals surface area (Å²) >= 11 is 0. The van der Waals surface area contributed by atoms with Crippen molar-refractivity contribution in [2.75, 3.05) is 7.11 Å². The molecule has 5 nitrogen and oxygen atoms in total. The Morgan fingerprint density at radius 2 is 1.91 bits per heavy atom. The lowest BCUT2D eigenvalue weighted by molar-refractivity contribution is 0.413. The van der Waals surface area contributed by atoms with Crippen LogP contribution in [0.3, 0.4) is 0 Å². The second-order valence-corrected chi connectivity index (χ2v) is 6.41. The molecule has 0 amide bonds. The highest BCUT2D eigenvalue weighted by Crippen LogP contribution is 2.22. The molecule has 1 N–H and O–H groups in total. The summed E-state index contributed by atoms with van der Waals surface area (Å²) in [5.41, 5.74) is 0.894. The topological polar surface area (TPSA) is 79.2 Å². The van der Waals surface area contributed by atoms with Crippen molar-refractivity contribution in [1.82, 2.24) is 4.72 Å². The fourth-order valence-corrected chi connectivity index (χ4v) is 3.46. The molecule has 0 fully saturated rings. The van der Waals surface area contributed by atoms with Crippen molar-refractivity contribution in [2.24, 2.45) is 0 Å². The highest BCUT2D eigenvalue weighted by atomic mass is 32.2. The fraction of sp³-hybridized carbons (Fsp3) is 0.188. The van der Waals surface area contributed by atoms with Crippen molar-refractivity contribution in [2.45, 2.75) is 17.9 Å². The summed E-state index contributed by atoms with van der Waals surface area (Å²) in [5, 5.41) is 9.04. The highest BCUT2D eigenvalue weighted by Gasteiger charge is 2.21. The summed E-state index contributed by atoms with van der Waals surface area (Å²) in [6.07, 6.45) is 0. The smallest absolute Gasteiger partial charge is 0.242 e. The molecule has 0 radical (unpaired) electrons. The van der Waals surface area contributed by atoms with E-state index < -0.39 is 16.1 Å². The van der Waals surface area contributed by atoms with Gasteiger partial charge in [0.1, 0.15) is 11.8 Å². The molecule has 0 aliphatic carbocycles. The Morgan fingerprint density at radius 1 is 1.18 bits per heavy atom. The van der Waals surface area contributed by atoms with Gasteiger partial charge in [-0.05, 0) is 36.8 Å². The lowest BCUT2D eigenvalue weighted by Crippen LogP contribution is -2.27. The number of hydrogen-bond acceptors (Lipinski definition) is 4. The second kappa shape index (κ2) is 6.60. The van der Waals surface area contributed by atoms with Crippen molar-refractivity contribution < 1.29 is 13.2 Å². The maximum Gasteiger partial charge on any atom is 0.242 e. The molecule has 0 aromatic heterocycles. The fourth-order valence-electron chi connectivity index (χ4n) is 2.07. The second-order valence-electron chi connectivity index (χ2n) is 4.73. The van der Waals surface area contributed by atoms with Gasteiger partial charge in [-0.15, -0.1) is 0 Å². The Labute approximate surface area is 130 Å². The van der Waals surface area contributed by atoms with Crippen molar-refractivity contribution in [3.05, 3.63) is 59.7 Å². The maximum absolute atomic E-state index is 12.5. The Morgan fingerprint density at radius 3 is 2.59 bits per heavy atom. The molecule has 0 aliphatic heterocycles. The van der Waals surface area contributed by atoms with Crippen LogP contribution in [-0.2, 0) is 10.0 Å². The van der Waals surface area contributed by atoms with Crippen LogP contribution in [0.15, 0.2) is 53.4 Å². The van der Waals surface area contributed by atoms with Crippen LogP contribution in [0.4, 0.5) is 0 Å². The van der Waals surface area contributed by atoms with Gasteiger partial charge in [-0.1, -0.05) is 24.3 Å². The van der Waals surface area contributed by atoms with Gasteiger partial charge >= 0.3 is 0 Å². The molecule has 0 saturated heterocycles. The Bertz CT molecular complexity index is 810. The average molecular weight is 316 g/mol. The van der Waals surface area contributed by atoms with Crippen LogP contribution in [0.1, 0.15) is 24.1 Å². The van der Waals surface area contributed by atoms with Crippen molar-refractivity contribution in [1.29, 1.82) is 5.26 Å². The molecule has 0 bridgehead atoms. The van der Waals surface area contributed by atoms with Gasteiger partial charge in [-0.3, -0.25) is 0 Å². The van der Waals surface area contributed by atoms with Crippen LogP contribution in [0.5, 0.6) is 5.75 Å². The summed E-state index contributed by atoms with van der Waals surface area (Å²) < 4.78 is 32.6. The molecular weight excluding hydrogens is 300 g/mol. The zero-order valence-electron chi connectivity index (χ0n) is 12.3. The van der Waals surface area contributed by atoms with E-state index in [4.69, 9.17) is 10.00 Å². The van der Waals surface area contributed by atoms with Crippen molar-refractivity contribution in [3.63, 3.8) is 0 Å². The minimum Gasteiger partial charge on any atom is -0.497 e. The molecule has 0 saturated carbocycles. The number of ether oxygens (including phenoxy) is 1. The van der Waals surface area contributed by atoms with Gasteiger partial charge in [-0.2, -0.15) is 5.26 Å². The number of nitriles is 1. The van der Waals surface area contributed by atoms with Gasteiger partial charge < -0.3 is 4.74 Å². The summed E-state index contributed by atoms with van der Waals surface area (Å²) in [5.74, 6) is 0.654. The van der Waals surface area contributed by atoms with E-state index in [9.17, 15) is 8.42 Å². The van der Waals surface area contributed by atoms with E-state index in [0.717, 1.165) is 5.56 Å². The number of nitrogens with one attached hydrogen (secondary N) is 1. The Hall–Kier alpha value is -2.36. The van der Waals surface area contributed by atoms with Gasteiger partial charge in [0.25, 0.3) is 0 Å². The van der Waals surface area contributed by atoms with Crippen molar-refractivity contribution in [3.8, 4) is 11.8 Å². The highest BCUT2D eigenvalue weighted by molar-refractivity contribution is 7.89. The molecule has 2 aromatic rings. The van der Waals surface area contributed by atoms with Gasteiger partial charge in [0.05, 0.1) is 17.6 Å². The third-order valence-corrected chi connectivity index (χ3v) is 4.82. The van der Waals surface area contributed by atoms with Crippen LogP contribution in [0.2, 0.25) is 0 Å². The molecule has 0 heterocycles. The predicted octanol–water partition coefficient (Wildman–Crippen LogP) is 2.61. The number of benzene rings is 2. The minimum absolute atomic E-state index is 0.0211. The van der Waals surface area contributed by atoms with Crippen molar-refractivity contribution >= 4 is 10.0 Å². The zero-order chi connectivity index (χ0) is 16.2. The summed E-state index contributed by atoms with van der Waals surface area (Å²) in [4.78, 5) is -0.0211. The van der Waals surface area contributed by atoms with Crippen LogP contribution in [-0.4, -0.2) is 15.5 Å². The van der Waals surface area contributed by atoms with Crippen LogP contribution >= 0.6 is 0 Å². The first-order chi connectivity index (χ1) is 10.5. The molecule has 0 spiro atoms. The van der Waals surface area contributed by atoms with E-state index in [2.05, 4.69) is 4.72 Å². The monoisotopic (exact) mass is 316 g/mol. The standard InChI is InChI=1S/C16H16N2O3S/c1-12(13-7-5-8-15(10-13)21-2)18-22(19,20)16-9-4-3-6-14(16)11-17/h3-10,12,18H,1-2H3. The quantitative estimate of drug-likeness (QED) is 0.919. The third-order valence-electron chi connectivity index (χ3n) is 3.22. The number of hydrogen-bond donors (Lipinski definition) is 1. The predicted molar refractivity (Wildman–Crippen MR) is 82.9 cm³/mol. The van der Waals surface area contributed by atoms with Crippen LogP contribution in [0.25, 0.3) is 0 Å². The first-order valence-corrected chi connectivity index (χ1v) is 8.11. The molecule has 1 atom stereocenters. The molecular formula is C16H16N2O3S. The Kier molecular flexibility index (Phi) is 4.81. The number of nitrogens with zero attached hydrogens (tertiary/aromatic N) is 1. The van der Waals surface area contributed by atoms with Crippen LogP contribution in [0, 0.1) is 11.3 Å². The zero-order valence-corrected chi connectivity index (χ0v) is 13.1. The first kappa shape index (κ1) is 16.0. The molecule has 2 aromatic carbocycles. The molecule has 2 rings (SSSR count). The Balaban J connectivity index is 2.30. The van der Waals surface area contributed by atoms with Gasteiger partial charge in [-0.25, -0.2) is 13.1 Å². The van der Waals surface area contributed by atoms with Gasteiger partial charge in [0.15, 0.2) is 0 Å². The van der Waals surface area contributed by atoms with E-state index in [1.54, 1.807) is 44.4 Å². The van der Waals surface area contributed by atoms with E-state index in [1.165, 1.54) is 12.1 Å². The average Bonchev–Trinajstić information content (AvgIpc) is 2.54. The molecule has 22 heavy (non-hydrogen) atoms. The lowest BCUT2D eigenvalue weighted by atomic mass is 10.1. The first-order valence-electron chi connectivity index (χ1n) is 6.63. The van der Waals surface area contributed by atoms with Gasteiger partial charge in [0.2, 0.25) is 10.0 Å². The summed E-state index contributed by atoms with van der Waals surface area (Å²) in [6, 6.07) is 14.7. The lowest BCUT2D eigenvalue weighted by Gasteiger charge is -2.16. The number of methoxy groups -OCH3 is 1. The van der Waals surface area contributed by atoms with Gasteiger partial charge in [0, 0.05) is 6.04 Å².